The third kappa shape index (κ3) is 3.35. The van der Waals surface area contributed by atoms with Crippen molar-refractivity contribution in [3.63, 3.8) is 0 Å². The molecule has 0 spiro atoms. The molecule has 1 saturated heterocycles. The summed E-state index contributed by atoms with van der Waals surface area (Å²) in [6.45, 7) is 3.39. The molecule has 0 bridgehead atoms. The van der Waals surface area contributed by atoms with Crippen LogP contribution in [-0.4, -0.2) is 49.4 Å². The van der Waals surface area contributed by atoms with Gasteiger partial charge in [-0.05, 0) is 49.2 Å². The van der Waals surface area contributed by atoms with Crippen LogP contribution in [-0.2, 0) is 4.79 Å². The molecule has 1 amide bonds. The average molecular weight is 397 g/mol. The van der Waals surface area contributed by atoms with E-state index in [9.17, 15) is 4.79 Å². The largest absolute Gasteiger partial charge is 0.486 e. The fourth-order valence-corrected chi connectivity index (χ4v) is 5.34. The van der Waals surface area contributed by atoms with E-state index in [0.717, 1.165) is 48.9 Å². The number of hydrogen-bond acceptors (Lipinski definition) is 5. The fourth-order valence-electron chi connectivity index (χ4n) is 4.35. The SMILES string of the molecule is O=C(CN1CCCC1c1ccc2c(c1)OCCO2)N1CCSc2ccccc21. The fraction of sp³-hybridized carbons (Fsp3) is 0.409. The summed E-state index contributed by atoms with van der Waals surface area (Å²) in [5.74, 6) is 2.79. The molecule has 5 rings (SSSR count). The van der Waals surface area contributed by atoms with Crippen LogP contribution >= 0.6 is 11.8 Å². The Morgan fingerprint density at radius 2 is 1.93 bits per heavy atom. The van der Waals surface area contributed by atoms with E-state index < -0.39 is 0 Å². The number of rotatable bonds is 3. The van der Waals surface area contributed by atoms with Crippen molar-refractivity contribution in [2.75, 3.05) is 43.5 Å². The second kappa shape index (κ2) is 7.68. The predicted octanol–water partition coefficient (Wildman–Crippen LogP) is 3.73. The van der Waals surface area contributed by atoms with Crippen LogP contribution in [0, 0.1) is 0 Å². The maximum atomic E-state index is 13.2. The number of likely N-dealkylation sites (tertiary alicyclic amines) is 1. The highest BCUT2D eigenvalue weighted by Crippen LogP contribution is 2.39. The highest BCUT2D eigenvalue weighted by molar-refractivity contribution is 7.99. The average Bonchev–Trinajstić information content (AvgIpc) is 3.21. The first kappa shape index (κ1) is 17.9. The van der Waals surface area contributed by atoms with E-state index in [2.05, 4.69) is 29.2 Å². The molecule has 1 fully saturated rings. The minimum Gasteiger partial charge on any atom is -0.486 e. The van der Waals surface area contributed by atoms with Crippen molar-refractivity contribution in [2.45, 2.75) is 23.8 Å². The molecule has 3 heterocycles. The lowest BCUT2D eigenvalue weighted by atomic mass is 10.0. The van der Waals surface area contributed by atoms with Gasteiger partial charge >= 0.3 is 0 Å². The van der Waals surface area contributed by atoms with E-state index >= 15 is 0 Å². The first-order chi connectivity index (χ1) is 13.8. The van der Waals surface area contributed by atoms with E-state index in [1.165, 1.54) is 10.5 Å². The van der Waals surface area contributed by atoms with Gasteiger partial charge in [-0.3, -0.25) is 9.69 Å². The zero-order valence-corrected chi connectivity index (χ0v) is 16.6. The molecule has 0 aliphatic carbocycles. The van der Waals surface area contributed by atoms with Crippen molar-refractivity contribution < 1.29 is 14.3 Å². The second-order valence-corrected chi connectivity index (χ2v) is 8.53. The quantitative estimate of drug-likeness (QED) is 0.791. The number of nitrogens with zero attached hydrogens (tertiary/aromatic N) is 2. The normalized spacial score (nSPS) is 21.4. The van der Waals surface area contributed by atoms with Gasteiger partial charge in [-0.25, -0.2) is 0 Å². The van der Waals surface area contributed by atoms with Crippen LogP contribution in [0.2, 0.25) is 0 Å². The van der Waals surface area contributed by atoms with Gasteiger partial charge in [-0.15, -0.1) is 11.8 Å². The maximum absolute atomic E-state index is 13.2. The summed E-state index contributed by atoms with van der Waals surface area (Å²) in [4.78, 5) is 18.6. The number of fused-ring (bicyclic) bond motifs is 2. The van der Waals surface area contributed by atoms with Crippen LogP contribution in [0.15, 0.2) is 47.4 Å². The highest BCUT2D eigenvalue weighted by atomic mass is 32.2. The summed E-state index contributed by atoms with van der Waals surface area (Å²) < 4.78 is 11.4. The van der Waals surface area contributed by atoms with Crippen LogP contribution in [0.25, 0.3) is 0 Å². The first-order valence-corrected chi connectivity index (χ1v) is 10.9. The molecule has 28 heavy (non-hydrogen) atoms. The van der Waals surface area contributed by atoms with Crippen molar-refractivity contribution in [2.24, 2.45) is 0 Å². The molecule has 3 aliphatic heterocycles. The number of para-hydroxylation sites is 1. The first-order valence-electron chi connectivity index (χ1n) is 9.95. The van der Waals surface area contributed by atoms with E-state index in [0.29, 0.717) is 19.8 Å². The van der Waals surface area contributed by atoms with Crippen LogP contribution < -0.4 is 14.4 Å². The number of hydrogen-bond donors (Lipinski definition) is 0. The topological polar surface area (TPSA) is 42.0 Å². The molecule has 6 heteroatoms. The zero-order chi connectivity index (χ0) is 18.9. The van der Waals surface area contributed by atoms with Gasteiger partial charge in [-0.1, -0.05) is 18.2 Å². The van der Waals surface area contributed by atoms with Gasteiger partial charge in [0.15, 0.2) is 11.5 Å². The van der Waals surface area contributed by atoms with Gasteiger partial charge in [0.1, 0.15) is 13.2 Å². The van der Waals surface area contributed by atoms with Crippen LogP contribution in [0.3, 0.4) is 0 Å². The summed E-state index contributed by atoms with van der Waals surface area (Å²) in [7, 11) is 0. The Morgan fingerprint density at radius 3 is 2.86 bits per heavy atom. The molecule has 2 aromatic rings. The second-order valence-electron chi connectivity index (χ2n) is 7.39. The van der Waals surface area contributed by atoms with Crippen LogP contribution in [0.1, 0.15) is 24.4 Å². The number of carbonyl (C=O) groups excluding carboxylic acids is 1. The molecule has 0 saturated carbocycles. The Balaban J connectivity index is 1.33. The third-order valence-electron chi connectivity index (χ3n) is 5.68. The lowest BCUT2D eigenvalue weighted by Crippen LogP contribution is -2.42. The van der Waals surface area contributed by atoms with Crippen molar-refractivity contribution in [1.82, 2.24) is 4.90 Å². The van der Waals surface area contributed by atoms with Crippen molar-refractivity contribution in [3.8, 4) is 11.5 Å². The molecule has 1 atom stereocenters. The smallest absolute Gasteiger partial charge is 0.241 e. The number of thioether (sulfide) groups is 1. The molecule has 0 aromatic heterocycles. The monoisotopic (exact) mass is 396 g/mol. The van der Waals surface area contributed by atoms with Gasteiger partial charge in [0.2, 0.25) is 5.91 Å². The zero-order valence-electron chi connectivity index (χ0n) is 15.8. The molecular formula is C22H24N2O3S. The minimum atomic E-state index is 0.192. The summed E-state index contributed by atoms with van der Waals surface area (Å²) in [6, 6.07) is 14.7. The lowest BCUT2D eigenvalue weighted by Gasteiger charge is -2.32. The Morgan fingerprint density at radius 1 is 1.07 bits per heavy atom. The number of benzene rings is 2. The van der Waals surface area contributed by atoms with E-state index in [1.807, 2.05) is 34.9 Å². The molecule has 5 nitrogen and oxygen atoms in total. The van der Waals surface area contributed by atoms with Crippen LogP contribution in [0.5, 0.6) is 11.5 Å². The van der Waals surface area contributed by atoms with Gasteiger partial charge in [-0.2, -0.15) is 0 Å². The molecule has 146 valence electrons. The molecule has 2 aromatic carbocycles. The number of anilines is 1. The summed E-state index contributed by atoms with van der Waals surface area (Å²) in [5.41, 5.74) is 2.27. The van der Waals surface area contributed by atoms with E-state index in [4.69, 9.17) is 9.47 Å². The standard InChI is InChI=1S/C22H24N2O3S/c25-22(24-10-13-28-21-6-2-1-4-18(21)24)15-23-9-3-5-17(23)16-7-8-19-20(14-16)27-12-11-26-19/h1-2,4,6-8,14,17H,3,5,9-13,15H2. The highest BCUT2D eigenvalue weighted by Gasteiger charge is 2.31. The van der Waals surface area contributed by atoms with E-state index in [-0.39, 0.29) is 11.9 Å². The molecule has 1 unspecified atom stereocenters. The number of carbonyl (C=O) groups is 1. The van der Waals surface area contributed by atoms with Crippen molar-refractivity contribution >= 4 is 23.4 Å². The summed E-state index contributed by atoms with van der Waals surface area (Å²) >= 11 is 1.83. The molecule has 3 aliphatic rings. The Kier molecular flexibility index (Phi) is 4.91. The van der Waals surface area contributed by atoms with Gasteiger partial charge in [0.25, 0.3) is 0 Å². The Labute approximate surface area is 169 Å². The Hall–Kier alpha value is -2.18. The number of ether oxygens (including phenoxy) is 2. The maximum Gasteiger partial charge on any atom is 0.241 e. The lowest BCUT2D eigenvalue weighted by molar-refractivity contribution is -0.120. The third-order valence-corrected chi connectivity index (χ3v) is 6.73. The van der Waals surface area contributed by atoms with E-state index in [1.54, 1.807) is 0 Å². The van der Waals surface area contributed by atoms with Crippen molar-refractivity contribution in [3.05, 3.63) is 48.0 Å². The molecule has 0 radical (unpaired) electrons. The summed E-state index contributed by atoms with van der Waals surface area (Å²) in [6.07, 6.45) is 2.18. The van der Waals surface area contributed by atoms with Gasteiger partial charge in [0.05, 0.1) is 12.2 Å². The molecular weight excluding hydrogens is 372 g/mol. The van der Waals surface area contributed by atoms with Crippen molar-refractivity contribution in [1.29, 1.82) is 0 Å². The minimum absolute atomic E-state index is 0.192. The Bertz CT molecular complexity index is 888. The molecule has 0 N–H and O–H groups in total. The predicted molar refractivity (Wildman–Crippen MR) is 110 cm³/mol. The van der Waals surface area contributed by atoms with Gasteiger partial charge in [0, 0.05) is 23.2 Å². The van der Waals surface area contributed by atoms with Gasteiger partial charge < -0.3 is 14.4 Å². The summed E-state index contributed by atoms with van der Waals surface area (Å²) in [5, 5.41) is 0. The number of amides is 1. The van der Waals surface area contributed by atoms with Crippen LogP contribution in [0.4, 0.5) is 5.69 Å².